The van der Waals surface area contributed by atoms with Crippen LogP contribution in [-0.2, 0) is 9.53 Å². The van der Waals surface area contributed by atoms with Crippen molar-refractivity contribution in [2.45, 2.75) is 18.9 Å². The van der Waals surface area contributed by atoms with Gasteiger partial charge in [0.15, 0.2) is 0 Å². The van der Waals surface area contributed by atoms with Gasteiger partial charge in [-0.15, -0.1) is 0 Å². The summed E-state index contributed by atoms with van der Waals surface area (Å²) in [5.74, 6) is -0.795. The Kier molecular flexibility index (Phi) is 6.09. The highest BCUT2D eigenvalue weighted by atomic mass is 16.5. The van der Waals surface area contributed by atoms with E-state index in [0.717, 1.165) is 12.8 Å². The van der Waals surface area contributed by atoms with E-state index in [2.05, 4.69) is 6.07 Å². The zero-order chi connectivity index (χ0) is 21.6. The standard InChI is InChI=1S/C26H22N2O3/c27-18-20-12-4-5-13-21(20)22-14-6-7-15-23(22)26(30)31-24(19-10-2-1-3-11-19)25(29)28-16-8-9-17-28/h1-7,10-15,24H,8-9,16-17H2/t24-/m0/s1. The first-order chi connectivity index (χ1) is 15.2. The van der Waals surface area contributed by atoms with Gasteiger partial charge in [-0.1, -0.05) is 66.7 Å². The molecule has 31 heavy (non-hydrogen) atoms. The first kappa shape index (κ1) is 20.4. The van der Waals surface area contributed by atoms with Crippen LogP contribution < -0.4 is 0 Å². The molecule has 0 N–H and O–H groups in total. The van der Waals surface area contributed by atoms with Gasteiger partial charge in [-0.2, -0.15) is 5.26 Å². The van der Waals surface area contributed by atoms with Crippen molar-refractivity contribution in [1.82, 2.24) is 4.90 Å². The first-order valence-corrected chi connectivity index (χ1v) is 10.3. The van der Waals surface area contributed by atoms with E-state index in [0.29, 0.717) is 40.9 Å². The second-order valence-electron chi connectivity index (χ2n) is 7.43. The summed E-state index contributed by atoms with van der Waals surface area (Å²) in [7, 11) is 0. The summed E-state index contributed by atoms with van der Waals surface area (Å²) in [5.41, 5.74) is 2.68. The molecule has 0 bridgehead atoms. The van der Waals surface area contributed by atoms with Crippen LogP contribution in [0.25, 0.3) is 11.1 Å². The molecule has 154 valence electrons. The van der Waals surface area contributed by atoms with E-state index in [1.807, 2.05) is 30.3 Å². The Morgan fingerprint density at radius 3 is 2.16 bits per heavy atom. The first-order valence-electron chi connectivity index (χ1n) is 10.3. The van der Waals surface area contributed by atoms with E-state index >= 15 is 0 Å². The smallest absolute Gasteiger partial charge is 0.339 e. The van der Waals surface area contributed by atoms with Crippen molar-refractivity contribution >= 4 is 11.9 Å². The second kappa shape index (κ2) is 9.27. The molecule has 1 heterocycles. The number of ether oxygens (including phenoxy) is 1. The summed E-state index contributed by atoms with van der Waals surface area (Å²) in [6.45, 7) is 1.34. The van der Waals surface area contributed by atoms with Crippen LogP contribution in [-0.4, -0.2) is 29.9 Å². The molecule has 0 aromatic heterocycles. The molecule has 5 nitrogen and oxygen atoms in total. The molecule has 4 rings (SSSR count). The van der Waals surface area contributed by atoms with Gasteiger partial charge in [0.1, 0.15) is 0 Å². The van der Waals surface area contributed by atoms with Crippen LogP contribution in [0.15, 0.2) is 78.9 Å². The molecule has 1 aliphatic rings. The van der Waals surface area contributed by atoms with Crippen molar-refractivity contribution in [1.29, 1.82) is 5.26 Å². The van der Waals surface area contributed by atoms with Crippen LogP contribution >= 0.6 is 0 Å². The third-order valence-electron chi connectivity index (χ3n) is 5.45. The number of hydrogen-bond donors (Lipinski definition) is 0. The predicted octanol–water partition coefficient (Wildman–Crippen LogP) is 4.75. The third kappa shape index (κ3) is 4.34. The average Bonchev–Trinajstić information content (AvgIpc) is 3.37. The summed E-state index contributed by atoms with van der Waals surface area (Å²) in [5, 5.41) is 9.48. The van der Waals surface area contributed by atoms with Crippen LogP contribution in [0, 0.1) is 11.3 Å². The van der Waals surface area contributed by atoms with Gasteiger partial charge in [0, 0.05) is 24.2 Å². The van der Waals surface area contributed by atoms with Gasteiger partial charge in [-0.3, -0.25) is 4.79 Å². The Labute approximate surface area is 181 Å². The summed E-state index contributed by atoms with van der Waals surface area (Å²) >= 11 is 0. The maximum absolute atomic E-state index is 13.3. The molecule has 1 saturated heterocycles. The molecule has 3 aromatic carbocycles. The molecule has 0 aliphatic carbocycles. The third-order valence-corrected chi connectivity index (χ3v) is 5.45. The average molecular weight is 410 g/mol. The Morgan fingerprint density at radius 1 is 0.839 bits per heavy atom. The highest BCUT2D eigenvalue weighted by Gasteiger charge is 2.31. The Hall–Kier alpha value is -3.91. The number of rotatable bonds is 5. The summed E-state index contributed by atoms with van der Waals surface area (Å²) < 4.78 is 5.82. The molecule has 0 unspecified atom stereocenters. The molecule has 1 atom stereocenters. The minimum atomic E-state index is -1.01. The van der Waals surface area contributed by atoms with Gasteiger partial charge in [-0.05, 0) is 30.5 Å². The maximum Gasteiger partial charge on any atom is 0.339 e. The lowest BCUT2D eigenvalue weighted by atomic mass is 9.96. The van der Waals surface area contributed by atoms with Gasteiger partial charge in [-0.25, -0.2) is 4.79 Å². The topological polar surface area (TPSA) is 70.4 Å². The molecule has 1 fully saturated rings. The van der Waals surface area contributed by atoms with E-state index < -0.39 is 12.1 Å². The minimum Gasteiger partial charge on any atom is -0.444 e. The molecule has 3 aromatic rings. The zero-order valence-corrected chi connectivity index (χ0v) is 17.0. The Morgan fingerprint density at radius 2 is 1.45 bits per heavy atom. The van der Waals surface area contributed by atoms with Gasteiger partial charge in [0.05, 0.1) is 17.2 Å². The van der Waals surface area contributed by atoms with Crippen molar-refractivity contribution in [3.63, 3.8) is 0 Å². The Bertz CT molecular complexity index is 1130. The molecule has 0 radical (unpaired) electrons. The van der Waals surface area contributed by atoms with Gasteiger partial charge in [0.2, 0.25) is 6.10 Å². The summed E-state index contributed by atoms with van der Waals surface area (Å²) in [6, 6.07) is 25.4. The van der Waals surface area contributed by atoms with E-state index in [9.17, 15) is 14.9 Å². The fourth-order valence-corrected chi connectivity index (χ4v) is 3.87. The number of esters is 1. The number of benzene rings is 3. The van der Waals surface area contributed by atoms with E-state index in [1.54, 1.807) is 53.4 Å². The predicted molar refractivity (Wildman–Crippen MR) is 117 cm³/mol. The maximum atomic E-state index is 13.3. The molecule has 1 amide bonds. The monoisotopic (exact) mass is 410 g/mol. The van der Waals surface area contributed by atoms with Crippen molar-refractivity contribution < 1.29 is 14.3 Å². The number of amides is 1. The highest BCUT2D eigenvalue weighted by Crippen LogP contribution is 2.30. The Balaban J connectivity index is 1.69. The lowest BCUT2D eigenvalue weighted by molar-refractivity contribution is -0.140. The van der Waals surface area contributed by atoms with Gasteiger partial charge < -0.3 is 9.64 Å². The molecule has 5 heteroatoms. The fraction of sp³-hybridized carbons (Fsp3) is 0.192. The minimum absolute atomic E-state index is 0.202. The quantitative estimate of drug-likeness (QED) is 0.570. The number of likely N-dealkylation sites (tertiary alicyclic amines) is 1. The van der Waals surface area contributed by atoms with Crippen LogP contribution in [0.4, 0.5) is 0 Å². The largest absolute Gasteiger partial charge is 0.444 e. The number of carbonyl (C=O) groups excluding carboxylic acids is 2. The number of nitriles is 1. The fourth-order valence-electron chi connectivity index (χ4n) is 3.87. The van der Waals surface area contributed by atoms with Gasteiger partial charge in [0.25, 0.3) is 5.91 Å². The summed E-state index contributed by atoms with van der Waals surface area (Å²) in [6.07, 6.45) is 0.898. The van der Waals surface area contributed by atoms with Crippen molar-refractivity contribution in [3.05, 3.63) is 95.6 Å². The molecule has 1 aliphatic heterocycles. The van der Waals surface area contributed by atoms with Gasteiger partial charge >= 0.3 is 5.97 Å². The molecular formula is C26H22N2O3. The van der Waals surface area contributed by atoms with E-state index in [-0.39, 0.29) is 5.91 Å². The van der Waals surface area contributed by atoms with E-state index in [1.165, 1.54) is 0 Å². The lowest BCUT2D eigenvalue weighted by Gasteiger charge is -2.24. The lowest BCUT2D eigenvalue weighted by Crippen LogP contribution is -2.35. The van der Waals surface area contributed by atoms with Crippen LogP contribution in [0.3, 0.4) is 0 Å². The molecule has 0 saturated carbocycles. The van der Waals surface area contributed by atoms with Crippen LogP contribution in [0.2, 0.25) is 0 Å². The van der Waals surface area contributed by atoms with E-state index in [4.69, 9.17) is 4.74 Å². The number of nitrogens with zero attached hydrogens (tertiary/aromatic N) is 2. The van der Waals surface area contributed by atoms with Crippen molar-refractivity contribution in [2.24, 2.45) is 0 Å². The second-order valence-corrected chi connectivity index (χ2v) is 7.43. The van der Waals surface area contributed by atoms with Crippen molar-refractivity contribution in [3.8, 4) is 17.2 Å². The SMILES string of the molecule is N#Cc1ccccc1-c1ccccc1C(=O)O[C@H](C(=O)N1CCCC1)c1ccccc1. The number of carbonyl (C=O) groups is 2. The van der Waals surface area contributed by atoms with Crippen LogP contribution in [0.5, 0.6) is 0 Å². The number of hydrogen-bond acceptors (Lipinski definition) is 4. The molecular weight excluding hydrogens is 388 g/mol. The summed E-state index contributed by atoms with van der Waals surface area (Å²) in [4.78, 5) is 28.2. The molecule has 0 spiro atoms. The van der Waals surface area contributed by atoms with Crippen LogP contribution in [0.1, 0.15) is 40.4 Å². The normalized spacial score (nSPS) is 14.0. The highest BCUT2D eigenvalue weighted by molar-refractivity contribution is 5.99. The van der Waals surface area contributed by atoms with Crippen molar-refractivity contribution in [2.75, 3.05) is 13.1 Å². The zero-order valence-electron chi connectivity index (χ0n) is 17.0.